The van der Waals surface area contributed by atoms with Crippen molar-refractivity contribution in [1.29, 1.82) is 0 Å². The first-order valence-corrected chi connectivity index (χ1v) is 8.20. The van der Waals surface area contributed by atoms with Crippen LogP contribution in [-0.2, 0) is 12.8 Å². The molecule has 1 spiro atoms. The number of aromatic nitrogens is 2. The van der Waals surface area contributed by atoms with Crippen LogP contribution >= 0.6 is 15.9 Å². The Kier molecular flexibility index (Phi) is 2.96. The molecule has 106 valence electrons. The van der Waals surface area contributed by atoms with E-state index >= 15 is 0 Å². The number of fused-ring (bicyclic) bond motifs is 2. The minimum atomic E-state index is -0.363. The van der Waals surface area contributed by atoms with E-state index in [-0.39, 0.29) is 16.0 Å². The van der Waals surface area contributed by atoms with Gasteiger partial charge in [0.25, 0.3) is 0 Å². The lowest BCUT2D eigenvalue weighted by Crippen LogP contribution is -2.31. The van der Waals surface area contributed by atoms with Crippen LogP contribution in [0.1, 0.15) is 44.7 Å². The van der Waals surface area contributed by atoms with E-state index in [0.29, 0.717) is 0 Å². The number of carbonyl (C=O) groups excluding carboxylic acids is 1. The highest BCUT2D eigenvalue weighted by atomic mass is 79.9. The van der Waals surface area contributed by atoms with Crippen LogP contribution in [0.25, 0.3) is 0 Å². The fraction of sp³-hybridized carbons (Fsp3) is 0.353. The van der Waals surface area contributed by atoms with Gasteiger partial charge in [-0.05, 0) is 42.4 Å². The second-order valence-corrected chi connectivity index (χ2v) is 6.92. The molecular weight excluding hydrogens is 328 g/mol. The van der Waals surface area contributed by atoms with Gasteiger partial charge in [-0.2, -0.15) is 10.2 Å². The van der Waals surface area contributed by atoms with E-state index in [9.17, 15) is 4.79 Å². The van der Waals surface area contributed by atoms with Crippen LogP contribution in [0.15, 0.2) is 36.7 Å². The smallest absolute Gasteiger partial charge is 0.171 e. The van der Waals surface area contributed by atoms with Gasteiger partial charge in [-0.3, -0.25) is 4.79 Å². The molecule has 21 heavy (non-hydrogen) atoms. The summed E-state index contributed by atoms with van der Waals surface area (Å²) in [6, 6.07) is 7.98. The van der Waals surface area contributed by atoms with E-state index in [1.54, 1.807) is 0 Å². The molecule has 2 aliphatic rings. The maximum absolute atomic E-state index is 13.1. The molecule has 2 aromatic rings. The third-order valence-corrected chi connectivity index (χ3v) is 6.27. The molecule has 0 saturated heterocycles. The second kappa shape index (κ2) is 4.73. The molecule has 2 atom stereocenters. The number of benzene rings is 1. The summed E-state index contributed by atoms with van der Waals surface area (Å²) >= 11 is 3.83. The summed E-state index contributed by atoms with van der Waals surface area (Å²) in [7, 11) is 0. The van der Waals surface area contributed by atoms with Gasteiger partial charge >= 0.3 is 0 Å². The number of halogens is 1. The minimum absolute atomic E-state index is 0.0906. The first-order chi connectivity index (χ1) is 10.2. The average Bonchev–Trinajstić information content (AvgIpc) is 2.68. The van der Waals surface area contributed by atoms with Gasteiger partial charge in [0.2, 0.25) is 0 Å². The van der Waals surface area contributed by atoms with Crippen LogP contribution in [0, 0.1) is 5.41 Å². The molecule has 2 aliphatic carbocycles. The molecule has 0 fully saturated rings. The van der Waals surface area contributed by atoms with Crippen molar-refractivity contribution in [2.45, 2.75) is 30.5 Å². The number of ketones is 1. The molecular formula is C17H15BrN2O. The molecule has 0 aliphatic heterocycles. The summed E-state index contributed by atoms with van der Waals surface area (Å²) in [6.07, 6.45) is 7.34. The highest BCUT2D eigenvalue weighted by Gasteiger charge is 2.52. The number of nitrogens with zero attached hydrogens (tertiary/aromatic N) is 2. The zero-order valence-corrected chi connectivity index (χ0v) is 13.1. The SMILES string of the molecule is O=C1c2ccccc2C(Br)C12CCCc1cnncc1C2. The van der Waals surface area contributed by atoms with Gasteiger partial charge in [0, 0.05) is 5.56 Å². The molecule has 0 radical (unpaired) electrons. The first-order valence-electron chi connectivity index (χ1n) is 7.29. The van der Waals surface area contributed by atoms with Crippen molar-refractivity contribution in [1.82, 2.24) is 10.2 Å². The maximum atomic E-state index is 13.1. The van der Waals surface area contributed by atoms with Gasteiger partial charge in [-0.15, -0.1) is 0 Å². The van der Waals surface area contributed by atoms with Gasteiger partial charge in [-0.1, -0.05) is 40.2 Å². The Morgan fingerprint density at radius 3 is 2.71 bits per heavy atom. The van der Waals surface area contributed by atoms with Crippen LogP contribution in [0.4, 0.5) is 0 Å². The third-order valence-electron chi connectivity index (χ3n) is 4.90. The average molecular weight is 343 g/mol. The lowest BCUT2D eigenvalue weighted by molar-refractivity contribution is 0.0802. The van der Waals surface area contributed by atoms with Crippen molar-refractivity contribution in [3.05, 3.63) is 58.9 Å². The Morgan fingerprint density at radius 2 is 1.90 bits per heavy atom. The first kappa shape index (κ1) is 13.1. The predicted molar refractivity (Wildman–Crippen MR) is 83.5 cm³/mol. The Morgan fingerprint density at radius 1 is 1.14 bits per heavy atom. The summed E-state index contributed by atoms with van der Waals surface area (Å²) in [5.74, 6) is 0.282. The number of hydrogen-bond acceptors (Lipinski definition) is 3. The normalized spacial score (nSPS) is 27.3. The number of carbonyl (C=O) groups is 1. The number of aryl methyl sites for hydroxylation is 1. The zero-order valence-electron chi connectivity index (χ0n) is 11.6. The molecule has 3 nitrogen and oxygen atoms in total. The monoisotopic (exact) mass is 342 g/mol. The highest BCUT2D eigenvalue weighted by Crippen LogP contribution is 2.56. The van der Waals surface area contributed by atoms with Crippen molar-refractivity contribution in [2.75, 3.05) is 0 Å². The third kappa shape index (κ3) is 1.81. The summed E-state index contributed by atoms with van der Waals surface area (Å²) in [5, 5.41) is 8.00. The molecule has 0 bridgehead atoms. The quantitative estimate of drug-likeness (QED) is 0.686. The van der Waals surface area contributed by atoms with E-state index in [4.69, 9.17) is 0 Å². The van der Waals surface area contributed by atoms with Gasteiger partial charge in [0.05, 0.1) is 22.6 Å². The van der Waals surface area contributed by atoms with E-state index < -0.39 is 0 Å². The molecule has 1 heterocycles. The van der Waals surface area contributed by atoms with Crippen molar-refractivity contribution in [2.24, 2.45) is 5.41 Å². The zero-order chi connectivity index (χ0) is 14.4. The van der Waals surface area contributed by atoms with Crippen LogP contribution in [0.5, 0.6) is 0 Å². The van der Waals surface area contributed by atoms with Crippen LogP contribution in [0.3, 0.4) is 0 Å². The van der Waals surface area contributed by atoms with Gasteiger partial charge < -0.3 is 0 Å². The van der Waals surface area contributed by atoms with E-state index in [2.05, 4.69) is 32.2 Å². The molecule has 1 aromatic heterocycles. The van der Waals surface area contributed by atoms with Gasteiger partial charge in [0.1, 0.15) is 0 Å². The molecule has 0 saturated carbocycles. The maximum Gasteiger partial charge on any atom is 0.171 e. The topological polar surface area (TPSA) is 42.9 Å². The Balaban J connectivity index is 1.84. The molecule has 4 rings (SSSR count). The largest absolute Gasteiger partial charge is 0.293 e. The Hall–Kier alpha value is -1.55. The van der Waals surface area contributed by atoms with E-state index in [1.165, 1.54) is 11.1 Å². The lowest BCUT2D eigenvalue weighted by atomic mass is 9.76. The summed E-state index contributed by atoms with van der Waals surface area (Å²) in [6.45, 7) is 0. The standard InChI is InChI=1S/C17H15BrN2O/c18-15-13-5-1-2-6-14(13)16(21)17(15)7-3-4-11-9-19-20-10-12(11)8-17/h1-2,5-6,9-10,15H,3-4,7-8H2. The minimum Gasteiger partial charge on any atom is -0.293 e. The summed E-state index contributed by atoms with van der Waals surface area (Å²) < 4.78 is 0. The van der Waals surface area contributed by atoms with Gasteiger partial charge in [0.15, 0.2) is 5.78 Å². The van der Waals surface area contributed by atoms with E-state index in [1.807, 2.05) is 30.6 Å². The second-order valence-electron chi connectivity index (χ2n) is 6.01. The summed E-state index contributed by atoms with van der Waals surface area (Å²) in [5.41, 5.74) is 4.06. The molecule has 2 unspecified atom stereocenters. The number of alkyl halides is 1. The molecule has 0 N–H and O–H groups in total. The molecule has 1 aromatic carbocycles. The molecule has 4 heteroatoms. The van der Waals surface area contributed by atoms with Gasteiger partial charge in [-0.25, -0.2) is 0 Å². The number of Topliss-reactive ketones (excluding diaryl/α,β-unsaturated/α-hetero) is 1. The van der Waals surface area contributed by atoms with Crippen LogP contribution < -0.4 is 0 Å². The van der Waals surface area contributed by atoms with Crippen molar-refractivity contribution in [3.63, 3.8) is 0 Å². The Labute approximate surface area is 131 Å². The predicted octanol–water partition coefficient (Wildman–Crippen LogP) is 3.67. The van der Waals surface area contributed by atoms with Crippen molar-refractivity contribution in [3.8, 4) is 0 Å². The number of rotatable bonds is 0. The molecule has 0 amide bonds. The van der Waals surface area contributed by atoms with E-state index in [0.717, 1.165) is 36.8 Å². The fourth-order valence-corrected chi connectivity index (χ4v) is 4.79. The van der Waals surface area contributed by atoms with Crippen molar-refractivity contribution >= 4 is 21.7 Å². The highest BCUT2D eigenvalue weighted by molar-refractivity contribution is 9.09. The number of hydrogen-bond donors (Lipinski definition) is 0. The van der Waals surface area contributed by atoms with Crippen molar-refractivity contribution < 1.29 is 4.79 Å². The summed E-state index contributed by atoms with van der Waals surface area (Å²) in [4.78, 5) is 13.2. The van der Waals surface area contributed by atoms with Crippen LogP contribution in [0.2, 0.25) is 0 Å². The fourth-order valence-electron chi connectivity index (χ4n) is 3.79. The van der Waals surface area contributed by atoms with Crippen LogP contribution in [-0.4, -0.2) is 16.0 Å². The Bertz CT molecular complexity index is 730. The lowest BCUT2D eigenvalue weighted by Gasteiger charge is -2.30.